The molecule has 0 aromatic rings. The first-order valence-corrected chi connectivity index (χ1v) is 8.81. The van der Waals surface area contributed by atoms with Crippen molar-refractivity contribution in [1.29, 1.82) is 0 Å². The normalized spacial score (nSPS) is 15.2. The van der Waals surface area contributed by atoms with Crippen LogP contribution >= 0.6 is 7.60 Å². The second-order valence-corrected chi connectivity index (χ2v) is 6.56. The van der Waals surface area contributed by atoms with Gasteiger partial charge >= 0.3 is 13.6 Å². The lowest BCUT2D eigenvalue weighted by Gasteiger charge is -2.13. The maximum atomic E-state index is 11.4. The fourth-order valence-electron chi connectivity index (χ4n) is 1.72. The molecule has 8 heteroatoms. The number of carbonyl (C=O) groups excluding carboxylic acids is 2. The van der Waals surface area contributed by atoms with E-state index in [-0.39, 0.29) is 6.42 Å². The summed E-state index contributed by atoms with van der Waals surface area (Å²) in [6.07, 6.45) is 4.81. The van der Waals surface area contributed by atoms with Gasteiger partial charge in [-0.3, -0.25) is 9.59 Å². The lowest BCUT2D eigenvalue weighted by molar-refractivity contribution is -0.137. The highest BCUT2D eigenvalue weighted by molar-refractivity contribution is 7.71. The van der Waals surface area contributed by atoms with Gasteiger partial charge in [0.25, 0.3) is 5.52 Å². The number of rotatable bonds is 12. The third-order valence-corrected chi connectivity index (χ3v) is 4.25. The molecule has 3 N–H and O–H groups in total. The van der Waals surface area contributed by atoms with Crippen LogP contribution in [0, 0.1) is 0 Å². The van der Waals surface area contributed by atoms with Gasteiger partial charge in [0.15, 0.2) is 0 Å². The Kier molecular flexibility index (Phi) is 10.5. The zero-order valence-electron chi connectivity index (χ0n) is 12.4. The average Bonchev–Trinajstić information content (AvgIpc) is 2.44. The summed E-state index contributed by atoms with van der Waals surface area (Å²) in [6.45, 7) is 1.12. The first-order chi connectivity index (χ1) is 9.85. The van der Waals surface area contributed by atoms with Crippen molar-refractivity contribution in [2.45, 2.75) is 64.4 Å². The Labute approximate surface area is 124 Å². The van der Waals surface area contributed by atoms with Crippen LogP contribution < -0.4 is 0 Å². The predicted octanol–water partition coefficient (Wildman–Crippen LogP) is 1.74. The predicted molar refractivity (Wildman–Crippen MR) is 76.6 cm³/mol. The van der Waals surface area contributed by atoms with Crippen LogP contribution in [-0.4, -0.2) is 39.3 Å². The molecule has 2 unspecified atom stereocenters. The molecule has 0 aliphatic heterocycles. The van der Waals surface area contributed by atoms with Crippen molar-refractivity contribution in [2.24, 2.45) is 0 Å². The molecular weight excluding hydrogens is 299 g/mol. The third kappa shape index (κ3) is 8.98. The topological polar surface area (TPSA) is 121 Å². The smallest absolute Gasteiger partial charge is 0.393 e. The zero-order valence-corrected chi connectivity index (χ0v) is 13.3. The van der Waals surface area contributed by atoms with Crippen molar-refractivity contribution in [2.75, 3.05) is 6.61 Å². The molecule has 0 saturated heterocycles. The average molecular weight is 324 g/mol. The molecule has 0 radical (unpaired) electrons. The van der Waals surface area contributed by atoms with Crippen LogP contribution in [0.1, 0.15) is 58.3 Å². The Hall–Kier alpha value is -0.750. The van der Waals surface area contributed by atoms with Crippen molar-refractivity contribution in [1.82, 2.24) is 0 Å². The minimum atomic E-state index is -4.88. The molecule has 0 bridgehead atoms. The van der Waals surface area contributed by atoms with Crippen molar-refractivity contribution in [3.8, 4) is 0 Å². The third-order valence-electron chi connectivity index (χ3n) is 2.95. The van der Waals surface area contributed by atoms with E-state index in [1.807, 2.05) is 0 Å². The standard InChI is InChI=1S/C13H25O7P/c1-2-3-4-5-6-7-8-9-12(16)20-21(18,19)13(17)11(15)10-14/h11,14-15H,2-10H2,1H3,(H,18,19). The number of carbonyl (C=O) groups is 2. The van der Waals surface area contributed by atoms with E-state index < -0.39 is 31.8 Å². The van der Waals surface area contributed by atoms with E-state index >= 15 is 0 Å². The lowest BCUT2D eigenvalue weighted by atomic mass is 10.1. The Balaban J connectivity index is 3.93. The molecule has 0 amide bonds. The Bertz CT molecular complexity index is 370. The Morgan fingerprint density at radius 3 is 2.14 bits per heavy atom. The van der Waals surface area contributed by atoms with E-state index in [9.17, 15) is 19.0 Å². The molecule has 2 atom stereocenters. The van der Waals surface area contributed by atoms with E-state index in [2.05, 4.69) is 11.4 Å². The molecular formula is C13H25O7P. The summed E-state index contributed by atoms with van der Waals surface area (Å²) in [6, 6.07) is 0. The van der Waals surface area contributed by atoms with Crippen molar-refractivity contribution in [3.63, 3.8) is 0 Å². The highest BCUT2D eigenvalue weighted by Crippen LogP contribution is 2.44. The minimum Gasteiger partial charge on any atom is -0.393 e. The number of aliphatic hydroxyl groups excluding tert-OH is 2. The molecule has 21 heavy (non-hydrogen) atoms. The van der Waals surface area contributed by atoms with Gasteiger partial charge in [-0.1, -0.05) is 45.4 Å². The van der Waals surface area contributed by atoms with Gasteiger partial charge in [-0.15, -0.1) is 0 Å². The molecule has 7 nitrogen and oxygen atoms in total. The maximum absolute atomic E-state index is 11.4. The molecule has 0 rings (SSSR count). The number of unbranched alkanes of at least 4 members (excludes halogenated alkanes) is 6. The molecule has 124 valence electrons. The van der Waals surface area contributed by atoms with E-state index in [4.69, 9.17) is 10.2 Å². The van der Waals surface area contributed by atoms with Crippen molar-refractivity contribution < 1.29 is 33.8 Å². The summed E-state index contributed by atoms with van der Waals surface area (Å²) in [5.41, 5.74) is -1.57. The highest BCUT2D eigenvalue weighted by Gasteiger charge is 2.38. The molecule has 0 fully saturated rings. The Morgan fingerprint density at radius 1 is 1.10 bits per heavy atom. The summed E-state index contributed by atoms with van der Waals surface area (Å²) in [4.78, 5) is 31.8. The largest absolute Gasteiger partial charge is 0.448 e. The zero-order chi connectivity index (χ0) is 16.3. The van der Waals surface area contributed by atoms with Crippen LogP contribution in [0.3, 0.4) is 0 Å². The van der Waals surface area contributed by atoms with Gasteiger partial charge in [-0.2, -0.15) is 0 Å². The Morgan fingerprint density at radius 2 is 1.62 bits per heavy atom. The molecule has 0 spiro atoms. The second kappa shape index (κ2) is 10.9. The summed E-state index contributed by atoms with van der Waals surface area (Å²) in [5.74, 6) is -0.951. The van der Waals surface area contributed by atoms with E-state index in [1.165, 1.54) is 6.42 Å². The first kappa shape index (κ1) is 20.2. The molecule has 0 aromatic carbocycles. The van der Waals surface area contributed by atoms with Crippen LogP contribution in [-0.2, 0) is 18.7 Å². The van der Waals surface area contributed by atoms with Crippen molar-refractivity contribution >= 4 is 19.1 Å². The van der Waals surface area contributed by atoms with Crippen molar-refractivity contribution in [3.05, 3.63) is 0 Å². The van der Waals surface area contributed by atoms with Gasteiger partial charge in [0.1, 0.15) is 6.10 Å². The minimum absolute atomic E-state index is 0.0547. The monoisotopic (exact) mass is 324 g/mol. The number of aliphatic hydroxyl groups is 2. The van der Waals surface area contributed by atoms with Gasteiger partial charge in [-0.25, -0.2) is 4.57 Å². The van der Waals surface area contributed by atoms with E-state index in [0.717, 1.165) is 32.1 Å². The van der Waals surface area contributed by atoms with Gasteiger partial charge < -0.3 is 19.6 Å². The van der Waals surface area contributed by atoms with Crippen LogP contribution in [0.4, 0.5) is 0 Å². The molecule has 0 aliphatic carbocycles. The lowest BCUT2D eigenvalue weighted by Crippen LogP contribution is -2.25. The molecule has 0 saturated carbocycles. The maximum Gasteiger partial charge on any atom is 0.448 e. The summed E-state index contributed by atoms with van der Waals surface area (Å²) in [5, 5.41) is 17.5. The second-order valence-electron chi connectivity index (χ2n) is 4.89. The van der Waals surface area contributed by atoms with Crippen LogP contribution in [0.5, 0.6) is 0 Å². The molecule has 0 aliphatic rings. The summed E-state index contributed by atoms with van der Waals surface area (Å²) < 4.78 is 15.6. The quantitative estimate of drug-likeness (QED) is 0.369. The molecule has 0 heterocycles. The summed E-state index contributed by atoms with van der Waals surface area (Å²) >= 11 is 0. The summed E-state index contributed by atoms with van der Waals surface area (Å²) in [7, 11) is -4.88. The van der Waals surface area contributed by atoms with Crippen LogP contribution in [0.15, 0.2) is 0 Å². The number of hydrogen-bond donors (Lipinski definition) is 3. The fraction of sp³-hybridized carbons (Fsp3) is 0.846. The van der Waals surface area contributed by atoms with Gasteiger partial charge in [0, 0.05) is 6.42 Å². The van der Waals surface area contributed by atoms with Crippen LogP contribution in [0.2, 0.25) is 0 Å². The van der Waals surface area contributed by atoms with Gasteiger partial charge in [-0.05, 0) is 6.42 Å². The SMILES string of the molecule is CCCCCCCCCC(=O)OP(=O)(O)C(=O)C(O)CO. The molecule has 0 aromatic heterocycles. The highest BCUT2D eigenvalue weighted by atomic mass is 31.2. The van der Waals surface area contributed by atoms with E-state index in [0.29, 0.717) is 6.42 Å². The number of hydrogen-bond acceptors (Lipinski definition) is 6. The van der Waals surface area contributed by atoms with E-state index in [1.54, 1.807) is 0 Å². The first-order valence-electron chi connectivity index (χ1n) is 7.23. The fourth-order valence-corrected chi connectivity index (χ4v) is 2.64. The van der Waals surface area contributed by atoms with Crippen LogP contribution in [0.25, 0.3) is 0 Å². The van der Waals surface area contributed by atoms with Gasteiger partial charge in [0.2, 0.25) is 0 Å². The van der Waals surface area contributed by atoms with Gasteiger partial charge in [0.05, 0.1) is 6.61 Å².